The summed E-state index contributed by atoms with van der Waals surface area (Å²) in [6.45, 7) is 9.78. The number of hydrogen-bond acceptors (Lipinski definition) is 2. The fraction of sp³-hybridized carbons (Fsp3) is 0.562. The highest BCUT2D eigenvalue weighted by atomic mass is 16.2. The summed E-state index contributed by atoms with van der Waals surface area (Å²) in [5.74, 6) is 0.279. The van der Waals surface area contributed by atoms with Crippen LogP contribution >= 0.6 is 0 Å². The maximum atomic E-state index is 12.2. The van der Waals surface area contributed by atoms with Gasteiger partial charge >= 0.3 is 0 Å². The van der Waals surface area contributed by atoms with Crippen molar-refractivity contribution in [1.82, 2.24) is 5.32 Å². The van der Waals surface area contributed by atoms with Gasteiger partial charge in [-0.25, -0.2) is 0 Å². The summed E-state index contributed by atoms with van der Waals surface area (Å²) in [5.41, 5.74) is 7.98. The standard InChI is InChI=1S/C16H24N2O/c1-15(2)13(16(15,3)4)14(19)18-10-12-7-5-11(9-17)6-8-12/h5-8,13H,9-10,17H2,1-4H3,(H,18,19). The zero-order valence-corrected chi connectivity index (χ0v) is 12.3. The lowest BCUT2D eigenvalue weighted by atomic mass is 10.0. The van der Waals surface area contributed by atoms with Gasteiger partial charge in [0.1, 0.15) is 0 Å². The molecule has 3 nitrogen and oxygen atoms in total. The van der Waals surface area contributed by atoms with Gasteiger partial charge in [0.15, 0.2) is 0 Å². The summed E-state index contributed by atoms with van der Waals surface area (Å²) in [4.78, 5) is 12.2. The van der Waals surface area contributed by atoms with Gasteiger partial charge in [-0.1, -0.05) is 52.0 Å². The van der Waals surface area contributed by atoms with Crippen LogP contribution in [0.15, 0.2) is 24.3 Å². The van der Waals surface area contributed by atoms with Gasteiger partial charge in [0, 0.05) is 19.0 Å². The van der Waals surface area contributed by atoms with Crippen molar-refractivity contribution in [2.45, 2.75) is 40.8 Å². The Morgan fingerprint density at radius 1 is 1.11 bits per heavy atom. The fourth-order valence-electron chi connectivity index (χ4n) is 2.94. The van der Waals surface area contributed by atoms with Gasteiger partial charge < -0.3 is 11.1 Å². The SMILES string of the molecule is CC1(C)C(C(=O)NCc2ccc(CN)cc2)C1(C)C. The number of hydrogen-bond donors (Lipinski definition) is 2. The molecule has 0 aliphatic heterocycles. The topological polar surface area (TPSA) is 55.1 Å². The number of rotatable bonds is 4. The molecule has 0 heterocycles. The summed E-state index contributed by atoms with van der Waals surface area (Å²) in [6.07, 6.45) is 0. The van der Waals surface area contributed by atoms with Crippen LogP contribution in [-0.4, -0.2) is 5.91 Å². The van der Waals surface area contributed by atoms with Crippen LogP contribution in [-0.2, 0) is 17.9 Å². The Morgan fingerprint density at radius 3 is 2.00 bits per heavy atom. The number of amides is 1. The first-order valence-corrected chi connectivity index (χ1v) is 6.86. The lowest BCUT2D eigenvalue weighted by Gasteiger charge is -2.07. The van der Waals surface area contributed by atoms with E-state index in [0.29, 0.717) is 13.1 Å². The number of carbonyl (C=O) groups excluding carboxylic acids is 1. The van der Waals surface area contributed by atoms with Crippen LogP contribution < -0.4 is 11.1 Å². The summed E-state index contributed by atoms with van der Waals surface area (Å²) in [6, 6.07) is 8.05. The molecule has 3 N–H and O–H groups in total. The molecular formula is C16H24N2O. The van der Waals surface area contributed by atoms with Gasteiger partial charge in [-0.05, 0) is 22.0 Å². The minimum absolute atomic E-state index is 0.0977. The second kappa shape index (κ2) is 4.64. The van der Waals surface area contributed by atoms with Gasteiger partial charge in [-0.15, -0.1) is 0 Å². The van der Waals surface area contributed by atoms with E-state index in [1.807, 2.05) is 24.3 Å². The summed E-state index contributed by atoms with van der Waals surface area (Å²) in [7, 11) is 0. The van der Waals surface area contributed by atoms with Crippen LogP contribution in [0.25, 0.3) is 0 Å². The third-order valence-corrected chi connectivity index (χ3v) is 5.01. The first-order valence-electron chi connectivity index (χ1n) is 6.86. The van der Waals surface area contributed by atoms with E-state index in [9.17, 15) is 4.79 Å². The van der Waals surface area contributed by atoms with E-state index < -0.39 is 0 Å². The summed E-state index contributed by atoms with van der Waals surface area (Å²) < 4.78 is 0. The molecule has 0 atom stereocenters. The van der Waals surface area contributed by atoms with E-state index in [2.05, 4.69) is 33.0 Å². The Morgan fingerprint density at radius 2 is 1.58 bits per heavy atom. The van der Waals surface area contributed by atoms with Crippen LogP contribution in [0.5, 0.6) is 0 Å². The molecule has 1 aromatic rings. The van der Waals surface area contributed by atoms with E-state index in [0.717, 1.165) is 11.1 Å². The van der Waals surface area contributed by atoms with Crippen molar-refractivity contribution in [2.24, 2.45) is 22.5 Å². The molecule has 0 saturated heterocycles. The third kappa shape index (κ3) is 2.39. The summed E-state index contributed by atoms with van der Waals surface area (Å²) in [5, 5.41) is 3.04. The third-order valence-electron chi connectivity index (χ3n) is 5.01. The summed E-state index contributed by atoms with van der Waals surface area (Å²) >= 11 is 0. The smallest absolute Gasteiger partial charge is 0.224 e. The predicted molar refractivity (Wildman–Crippen MR) is 77.2 cm³/mol. The van der Waals surface area contributed by atoms with Crippen molar-refractivity contribution >= 4 is 5.91 Å². The molecule has 0 unspecified atom stereocenters. The minimum atomic E-state index is 0.0977. The molecule has 1 aromatic carbocycles. The molecule has 0 aromatic heterocycles. The Bertz CT molecular complexity index is 460. The van der Waals surface area contributed by atoms with Crippen molar-refractivity contribution < 1.29 is 4.79 Å². The molecule has 1 aliphatic rings. The Labute approximate surface area is 115 Å². The number of carbonyl (C=O) groups is 1. The highest BCUT2D eigenvalue weighted by Crippen LogP contribution is 2.68. The lowest BCUT2D eigenvalue weighted by molar-refractivity contribution is -0.123. The zero-order chi connectivity index (χ0) is 14.3. The largest absolute Gasteiger partial charge is 0.352 e. The number of nitrogens with one attached hydrogen (secondary N) is 1. The van der Waals surface area contributed by atoms with E-state index in [-0.39, 0.29) is 22.7 Å². The molecular weight excluding hydrogens is 236 g/mol. The molecule has 1 fully saturated rings. The number of nitrogens with two attached hydrogens (primary N) is 1. The molecule has 19 heavy (non-hydrogen) atoms. The van der Waals surface area contributed by atoms with Gasteiger partial charge in [0.25, 0.3) is 0 Å². The highest BCUT2D eigenvalue weighted by Gasteiger charge is 2.68. The molecule has 0 radical (unpaired) electrons. The van der Waals surface area contributed by atoms with Crippen molar-refractivity contribution in [2.75, 3.05) is 0 Å². The van der Waals surface area contributed by atoms with E-state index in [1.165, 1.54) is 0 Å². The van der Waals surface area contributed by atoms with Crippen molar-refractivity contribution in [3.05, 3.63) is 35.4 Å². The Kier molecular flexibility index (Phi) is 3.43. The molecule has 1 aliphatic carbocycles. The monoisotopic (exact) mass is 260 g/mol. The Balaban J connectivity index is 1.91. The fourth-order valence-corrected chi connectivity index (χ4v) is 2.94. The molecule has 1 saturated carbocycles. The maximum Gasteiger partial charge on any atom is 0.224 e. The van der Waals surface area contributed by atoms with Crippen LogP contribution in [0.1, 0.15) is 38.8 Å². The lowest BCUT2D eigenvalue weighted by Crippen LogP contribution is -2.26. The van der Waals surface area contributed by atoms with Gasteiger partial charge in [0.2, 0.25) is 5.91 Å². The van der Waals surface area contributed by atoms with Crippen molar-refractivity contribution in [3.8, 4) is 0 Å². The average molecular weight is 260 g/mol. The van der Waals surface area contributed by atoms with Gasteiger partial charge in [0.05, 0.1) is 0 Å². The van der Waals surface area contributed by atoms with E-state index in [4.69, 9.17) is 5.73 Å². The highest BCUT2D eigenvalue weighted by molar-refractivity contribution is 5.84. The van der Waals surface area contributed by atoms with Crippen LogP contribution in [0.3, 0.4) is 0 Å². The molecule has 0 bridgehead atoms. The number of benzene rings is 1. The second-order valence-electron chi connectivity index (χ2n) is 6.61. The quantitative estimate of drug-likeness (QED) is 0.873. The minimum Gasteiger partial charge on any atom is -0.352 e. The maximum absolute atomic E-state index is 12.2. The first-order chi connectivity index (χ1) is 8.80. The van der Waals surface area contributed by atoms with Gasteiger partial charge in [-0.2, -0.15) is 0 Å². The molecule has 1 amide bonds. The zero-order valence-electron chi connectivity index (χ0n) is 12.3. The predicted octanol–water partition coefficient (Wildman–Crippen LogP) is 2.44. The second-order valence-corrected chi connectivity index (χ2v) is 6.61. The average Bonchev–Trinajstić information content (AvgIpc) is 2.77. The van der Waals surface area contributed by atoms with Crippen LogP contribution in [0, 0.1) is 16.7 Å². The van der Waals surface area contributed by atoms with E-state index in [1.54, 1.807) is 0 Å². The molecule has 2 rings (SSSR count). The Hall–Kier alpha value is -1.35. The van der Waals surface area contributed by atoms with Crippen molar-refractivity contribution in [1.29, 1.82) is 0 Å². The first kappa shape index (κ1) is 14.1. The molecule has 0 spiro atoms. The molecule has 3 heteroatoms. The molecule has 104 valence electrons. The van der Waals surface area contributed by atoms with Crippen LogP contribution in [0.4, 0.5) is 0 Å². The normalized spacial score (nSPS) is 20.1. The van der Waals surface area contributed by atoms with Crippen LogP contribution in [0.2, 0.25) is 0 Å². The van der Waals surface area contributed by atoms with Crippen molar-refractivity contribution in [3.63, 3.8) is 0 Å². The van der Waals surface area contributed by atoms with E-state index >= 15 is 0 Å². The van der Waals surface area contributed by atoms with Gasteiger partial charge in [-0.3, -0.25) is 4.79 Å².